The van der Waals surface area contributed by atoms with E-state index in [-0.39, 0.29) is 12.1 Å². The Balaban J connectivity index is 2.91. The largest absolute Gasteiger partial charge is 0.573 e. The standard InChI is InChI=1S/C16H21F3N2O5/c1-15(2,3)26-14(23)21-12(13(22)24-4)7-9-5-6-10(8-11(9)20)25-16(17,18)19/h5-6,8,12H,7,20H2,1-4H3,(H,21,23)/t12-/m1/s1. The van der Waals surface area contributed by atoms with E-state index in [9.17, 15) is 22.8 Å². The van der Waals surface area contributed by atoms with Crippen LogP contribution in [0, 0.1) is 0 Å². The molecule has 0 saturated carbocycles. The average molecular weight is 378 g/mol. The number of nitrogens with two attached hydrogens (primary N) is 1. The molecule has 10 heteroatoms. The van der Waals surface area contributed by atoms with Crippen molar-refractivity contribution in [1.29, 1.82) is 0 Å². The van der Waals surface area contributed by atoms with Crippen molar-refractivity contribution in [2.24, 2.45) is 0 Å². The zero-order valence-corrected chi connectivity index (χ0v) is 14.8. The Labute approximate surface area is 148 Å². The molecular weight excluding hydrogens is 357 g/mol. The van der Waals surface area contributed by atoms with Gasteiger partial charge in [0.05, 0.1) is 7.11 Å². The van der Waals surface area contributed by atoms with Crippen LogP contribution >= 0.6 is 0 Å². The van der Waals surface area contributed by atoms with E-state index < -0.39 is 35.8 Å². The maximum absolute atomic E-state index is 12.2. The van der Waals surface area contributed by atoms with E-state index in [1.807, 2.05) is 0 Å². The lowest BCUT2D eigenvalue weighted by Gasteiger charge is -2.23. The number of halogens is 3. The molecule has 1 rings (SSSR count). The van der Waals surface area contributed by atoms with Gasteiger partial charge in [-0.05, 0) is 32.4 Å². The van der Waals surface area contributed by atoms with Gasteiger partial charge < -0.3 is 25.3 Å². The summed E-state index contributed by atoms with van der Waals surface area (Å²) >= 11 is 0. The zero-order valence-electron chi connectivity index (χ0n) is 14.8. The minimum absolute atomic E-state index is 0.0355. The lowest BCUT2D eigenvalue weighted by molar-refractivity contribution is -0.274. The molecule has 1 aromatic carbocycles. The molecule has 1 aromatic rings. The molecule has 0 radical (unpaired) electrons. The summed E-state index contributed by atoms with van der Waals surface area (Å²) in [6, 6.07) is 2.17. The minimum Gasteiger partial charge on any atom is -0.467 e. The molecular formula is C16H21F3N2O5. The van der Waals surface area contributed by atoms with Crippen LogP contribution in [0.3, 0.4) is 0 Å². The number of hydrogen-bond donors (Lipinski definition) is 2. The molecule has 7 nitrogen and oxygen atoms in total. The molecule has 1 amide bonds. The summed E-state index contributed by atoms with van der Waals surface area (Å²) in [5.41, 5.74) is 5.23. The first-order valence-corrected chi connectivity index (χ1v) is 7.52. The van der Waals surface area contributed by atoms with E-state index in [1.165, 1.54) is 6.07 Å². The van der Waals surface area contributed by atoms with E-state index in [4.69, 9.17) is 10.5 Å². The fraction of sp³-hybridized carbons (Fsp3) is 0.500. The van der Waals surface area contributed by atoms with E-state index in [0.717, 1.165) is 19.2 Å². The molecule has 0 aliphatic heterocycles. The lowest BCUT2D eigenvalue weighted by atomic mass is 10.0. The number of alkyl halides is 3. The average Bonchev–Trinajstić information content (AvgIpc) is 2.44. The number of esters is 1. The summed E-state index contributed by atoms with van der Waals surface area (Å²) in [6.45, 7) is 4.95. The quantitative estimate of drug-likeness (QED) is 0.604. The van der Waals surface area contributed by atoms with Crippen LogP contribution in [0.4, 0.5) is 23.7 Å². The molecule has 0 bridgehead atoms. The first-order chi connectivity index (χ1) is 11.8. The summed E-state index contributed by atoms with van der Waals surface area (Å²) in [4.78, 5) is 23.7. The van der Waals surface area contributed by atoms with Crippen molar-refractivity contribution in [3.05, 3.63) is 23.8 Å². The first kappa shape index (κ1) is 21.4. The Morgan fingerprint density at radius 3 is 2.31 bits per heavy atom. The number of rotatable bonds is 5. The monoisotopic (exact) mass is 378 g/mol. The predicted molar refractivity (Wildman–Crippen MR) is 86.4 cm³/mol. The van der Waals surface area contributed by atoms with Gasteiger partial charge in [0, 0.05) is 18.2 Å². The number of ether oxygens (including phenoxy) is 3. The molecule has 0 aromatic heterocycles. The number of hydrogen-bond acceptors (Lipinski definition) is 6. The molecule has 0 saturated heterocycles. The van der Waals surface area contributed by atoms with Gasteiger partial charge in [0.25, 0.3) is 0 Å². The number of amides is 1. The molecule has 0 fully saturated rings. The van der Waals surface area contributed by atoms with Gasteiger partial charge in [-0.3, -0.25) is 0 Å². The lowest BCUT2D eigenvalue weighted by Crippen LogP contribution is -2.45. The molecule has 0 aliphatic carbocycles. The summed E-state index contributed by atoms with van der Waals surface area (Å²) in [7, 11) is 1.13. The fourth-order valence-corrected chi connectivity index (χ4v) is 1.96. The summed E-state index contributed by atoms with van der Waals surface area (Å²) < 4.78 is 50.1. The number of anilines is 1. The number of carbonyl (C=O) groups is 2. The maximum atomic E-state index is 12.2. The van der Waals surface area contributed by atoms with Crippen LogP contribution in [0.5, 0.6) is 5.75 Å². The predicted octanol–water partition coefficient (Wildman–Crippen LogP) is 2.78. The van der Waals surface area contributed by atoms with Gasteiger partial charge in [0.15, 0.2) is 0 Å². The van der Waals surface area contributed by atoms with Gasteiger partial charge in [0.2, 0.25) is 0 Å². The van der Waals surface area contributed by atoms with E-state index in [1.54, 1.807) is 20.8 Å². The normalized spacial score (nSPS) is 12.9. The van der Waals surface area contributed by atoms with Gasteiger partial charge in [-0.1, -0.05) is 6.07 Å². The van der Waals surface area contributed by atoms with Crippen molar-refractivity contribution in [2.45, 2.75) is 45.2 Å². The summed E-state index contributed by atoms with van der Waals surface area (Å²) in [5.74, 6) is -1.25. The summed E-state index contributed by atoms with van der Waals surface area (Å²) in [5, 5.41) is 2.35. The molecule has 1 atom stereocenters. The number of alkyl carbamates (subject to hydrolysis) is 1. The topological polar surface area (TPSA) is 99.9 Å². The number of methoxy groups -OCH3 is 1. The Hall–Kier alpha value is -2.65. The van der Waals surface area contributed by atoms with Crippen LogP contribution in [0.1, 0.15) is 26.3 Å². The second kappa shape index (κ2) is 8.15. The van der Waals surface area contributed by atoms with Crippen LogP contribution in [0.25, 0.3) is 0 Å². The van der Waals surface area contributed by atoms with Crippen LogP contribution in [-0.2, 0) is 20.7 Å². The van der Waals surface area contributed by atoms with Crippen molar-refractivity contribution in [2.75, 3.05) is 12.8 Å². The van der Waals surface area contributed by atoms with Crippen LogP contribution in [0.15, 0.2) is 18.2 Å². The Morgan fingerprint density at radius 1 is 1.23 bits per heavy atom. The van der Waals surface area contributed by atoms with E-state index in [0.29, 0.717) is 5.56 Å². The third-order valence-electron chi connectivity index (χ3n) is 2.95. The Morgan fingerprint density at radius 2 is 1.85 bits per heavy atom. The second-order valence-corrected chi connectivity index (χ2v) is 6.33. The van der Waals surface area contributed by atoms with Crippen LogP contribution < -0.4 is 15.8 Å². The first-order valence-electron chi connectivity index (χ1n) is 7.52. The Bertz CT molecular complexity index is 656. The highest BCUT2D eigenvalue weighted by molar-refractivity contribution is 5.82. The third-order valence-corrected chi connectivity index (χ3v) is 2.95. The highest BCUT2D eigenvalue weighted by atomic mass is 19.4. The molecule has 0 aliphatic rings. The maximum Gasteiger partial charge on any atom is 0.573 e. The number of nitrogen functional groups attached to an aromatic ring is 1. The second-order valence-electron chi connectivity index (χ2n) is 6.33. The van der Waals surface area contributed by atoms with Gasteiger partial charge in [-0.2, -0.15) is 0 Å². The highest BCUT2D eigenvalue weighted by Gasteiger charge is 2.31. The molecule has 0 heterocycles. The van der Waals surface area contributed by atoms with E-state index in [2.05, 4.69) is 14.8 Å². The third kappa shape index (κ3) is 7.49. The van der Waals surface area contributed by atoms with E-state index >= 15 is 0 Å². The smallest absolute Gasteiger partial charge is 0.467 e. The van der Waals surface area contributed by atoms with Crippen molar-refractivity contribution in [3.8, 4) is 5.75 Å². The zero-order chi connectivity index (χ0) is 20.1. The number of nitrogens with one attached hydrogen (secondary N) is 1. The van der Waals surface area contributed by atoms with Crippen molar-refractivity contribution < 1.29 is 37.0 Å². The van der Waals surface area contributed by atoms with Crippen LogP contribution in [0.2, 0.25) is 0 Å². The van der Waals surface area contributed by atoms with Gasteiger partial charge in [-0.15, -0.1) is 13.2 Å². The molecule has 26 heavy (non-hydrogen) atoms. The van der Waals surface area contributed by atoms with Gasteiger partial charge >= 0.3 is 18.4 Å². The molecule has 0 unspecified atom stereocenters. The van der Waals surface area contributed by atoms with Crippen LogP contribution in [-0.4, -0.2) is 37.2 Å². The SMILES string of the molecule is COC(=O)[C@@H](Cc1ccc(OC(F)(F)F)cc1N)NC(=O)OC(C)(C)C. The van der Waals surface area contributed by atoms with Crippen molar-refractivity contribution in [3.63, 3.8) is 0 Å². The van der Waals surface area contributed by atoms with Gasteiger partial charge in [-0.25, -0.2) is 9.59 Å². The van der Waals surface area contributed by atoms with Crippen molar-refractivity contribution in [1.82, 2.24) is 5.32 Å². The van der Waals surface area contributed by atoms with Gasteiger partial charge in [0.1, 0.15) is 17.4 Å². The Kier molecular flexibility index (Phi) is 6.71. The molecule has 3 N–H and O–H groups in total. The number of benzene rings is 1. The fourth-order valence-electron chi connectivity index (χ4n) is 1.96. The molecule has 146 valence electrons. The number of carbonyl (C=O) groups excluding carboxylic acids is 2. The minimum atomic E-state index is -4.85. The van der Waals surface area contributed by atoms with Crippen molar-refractivity contribution >= 4 is 17.7 Å². The summed E-state index contributed by atoms with van der Waals surface area (Å²) in [6.07, 6.45) is -5.80. The molecule has 0 spiro atoms. The highest BCUT2D eigenvalue weighted by Crippen LogP contribution is 2.27.